The monoisotopic (exact) mass is 205 g/mol. The second kappa shape index (κ2) is 4.34. The number of rotatable bonds is 2. The predicted molar refractivity (Wildman–Crippen MR) is 57.7 cm³/mol. The van der Waals surface area contributed by atoms with E-state index in [-0.39, 0.29) is 23.8 Å². The van der Waals surface area contributed by atoms with Gasteiger partial charge in [0.1, 0.15) is 6.10 Å². The number of primary amides is 1. The minimum absolute atomic E-state index is 0.0163. The normalized spacial score (nSPS) is 33.7. The van der Waals surface area contributed by atoms with E-state index in [4.69, 9.17) is 10.5 Å². The van der Waals surface area contributed by atoms with Crippen LogP contribution in [0.5, 0.6) is 0 Å². The molecular weight excluding hydrogens is 190 g/mol. The van der Waals surface area contributed by atoms with Crippen LogP contribution in [0, 0.1) is 11.8 Å². The van der Waals surface area contributed by atoms with Crippen LogP contribution in [0.2, 0.25) is 0 Å². The Morgan fingerprint density at radius 2 is 2.20 bits per heavy atom. The topological polar surface area (TPSA) is 52.3 Å². The van der Waals surface area contributed by atoms with Crippen LogP contribution in [0.25, 0.3) is 0 Å². The number of ether oxygens (including phenoxy) is 1. The summed E-state index contributed by atoms with van der Waals surface area (Å²) in [7, 11) is 0. The molecule has 80 valence electrons. The summed E-state index contributed by atoms with van der Waals surface area (Å²) in [6, 6.07) is 0. The third kappa shape index (κ3) is 2.12. The van der Waals surface area contributed by atoms with Crippen molar-refractivity contribution in [3.8, 4) is 0 Å². The van der Waals surface area contributed by atoms with E-state index in [2.05, 4.69) is 0 Å². The first-order chi connectivity index (χ1) is 7.29. The quantitative estimate of drug-likeness (QED) is 0.695. The van der Waals surface area contributed by atoms with E-state index in [0.29, 0.717) is 0 Å². The Morgan fingerprint density at radius 3 is 2.87 bits per heavy atom. The van der Waals surface area contributed by atoms with Crippen LogP contribution < -0.4 is 5.73 Å². The second-order valence-electron chi connectivity index (χ2n) is 3.91. The Kier molecular flexibility index (Phi) is 2.90. The minimum atomic E-state index is -0.262. The number of carbonyl (C=O) groups excluding carboxylic acids is 1. The van der Waals surface area contributed by atoms with E-state index < -0.39 is 0 Å². The van der Waals surface area contributed by atoms with Crippen LogP contribution in [-0.4, -0.2) is 12.0 Å². The molecule has 0 bridgehead atoms. The Bertz CT molecular complexity index is 331. The lowest BCUT2D eigenvalue weighted by molar-refractivity contribution is -0.123. The van der Waals surface area contributed by atoms with Gasteiger partial charge in [-0.25, -0.2) is 0 Å². The molecule has 0 saturated carbocycles. The zero-order valence-electron chi connectivity index (χ0n) is 8.50. The van der Waals surface area contributed by atoms with Gasteiger partial charge in [0.05, 0.1) is 12.2 Å². The molecule has 3 unspecified atom stereocenters. The number of nitrogens with two attached hydrogens (primary N) is 1. The molecule has 0 aromatic carbocycles. The van der Waals surface area contributed by atoms with Gasteiger partial charge in [-0.15, -0.1) is 0 Å². The van der Waals surface area contributed by atoms with E-state index in [9.17, 15) is 4.79 Å². The number of hydrogen-bond acceptors (Lipinski definition) is 2. The molecule has 1 aliphatic heterocycles. The maximum Gasteiger partial charge on any atom is 0.224 e. The van der Waals surface area contributed by atoms with Gasteiger partial charge >= 0.3 is 0 Å². The van der Waals surface area contributed by atoms with E-state index in [1.54, 1.807) is 6.26 Å². The van der Waals surface area contributed by atoms with E-state index in [1.165, 1.54) is 0 Å². The first-order valence-corrected chi connectivity index (χ1v) is 5.24. The summed E-state index contributed by atoms with van der Waals surface area (Å²) in [6.45, 7) is 0. The maximum atomic E-state index is 11.3. The highest BCUT2D eigenvalue weighted by Gasteiger charge is 2.32. The Labute approximate surface area is 89.3 Å². The fourth-order valence-electron chi connectivity index (χ4n) is 2.17. The lowest BCUT2D eigenvalue weighted by atomic mass is 9.79. The summed E-state index contributed by atoms with van der Waals surface area (Å²) < 4.78 is 5.49. The number of amides is 1. The van der Waals surface area contributed by atoms with Crippen molar-refractivity contribution in [1.82, 2.24) is 0 Å². The fourth-order valence-corrected chi connectivity index (χ4v) is 2.17. The molecule has 0 aromatic rings. The van der Waals surface area contributed by atoms with E-state index in [0.717, 1.165) is 12.8 Å². The average Bonchev–Trinajstić information content (AvgIpc) is 2.30. The molecule has 3 nitrogen and oxygen atoms in total. The molecule has 2 aliphatic rings. The molecule has 3 atom stereocenters. The van der Waals surface area contributed by atoms with Crippen molar-refractivity contribution in [2.45, 2.75) is 18.9 Å². The number of allylic oxidation sites excluding steroid dienone is 3. The molecule has 3 heteroatoms. The van der Waals surface area contributed by atoms with Crippen molar-refractivity contribution >= 4 is 5.91 Å². The molecular formula is C12H15NO2. The van der Waals surface area contributed by atoms with Crippen LogP contribution >= 0.6 is 0 Å². The predicted octanol–water partition coefficient (Wildman–Crippen LogP) is 1.52. The largest absolute Gasteiger partial charge is 0.494 e. The minimum Gasteiger partial charge on any atom is -0.494 e. The van der Waals surface area contributed by atoms with Crippen molar-refractivity contribution < 1.29 is 9.53 Å². The third-order valence-electron chi connectivity index (χ3n) is 2.95. The fraction of sp³-hybridized carbons (Fsp3) is 0.417. The van der Waals surface area contributed by atoms with Crippen LogP contribution in [0.4, 0.5) is 0 Å². The maximum absolute atomic E-state index is 11.3. The standard InChI is InChI=1S/C12H15NO2/c13-12(14)10-6-2-1-5-9(10)11-7-3-4-8-15-11/h2-4,6-11H,1,5H2,(H2,13,14). The molecule has 0 spiro atoms. The summed E-state index contributed by atoms with van der Waals surface area (Å²) in [4.78, 5) is 11.3. The summed E-state index contributed by atoms with van der Waals surface area (Å²) >= 11 is 0. The summed E-state index contributed by atoms with van der Waals surface area (Å²) in [5.74, 6) is -0.281. The molecule has 0 saturated heterocycles. The highest BCUT2D eigenvalue weighted by molar-refractivity contribution is 5.79. The molecule has 0 radical (unpaired) electrons. The van der Waals surface area contributed by atoms with E-state index in [1.807, 2.05) is 30.4 Å². The second-order valence-corrected chi connectivity index (χ2v) is 3.91. The lowest BCUT2D eigenvalue weighted by Gasteiger charge is -2.31. The van der Waals surface area contributed by atoms with Gasteiger partial charge in [-0.05, 0) is 25.0 Å². The summed E-state index contributed by atoms with van der Waals surface area (Å²) in [6.07, 6.45) is 13.3. The van der Waals surface area contributed by atoms with Crippen molar-refractivity contribution in [2.75, 3.05) is 0 Å². The van der Waals surface area contributed by atoms with Crippen molar-refractivity contribution in [3.05, 3.63) is 36.6 Å². The van der Waals surface area contributed by atoms with Crippen LogP contribution in [0.1, 0.15) is 12.8 Å². The number of carbonyl (C=O) groups is 1. The molecule has 1 aliphatic carbocycles. The average molecular weight is 205 g/mol. The van der Waals surface area contributed by atoms with Gasteiger partial charge in [-0.3, -0.25) is 4.79 Å². The van der Waals surface area contributed by atoms with E-state index >= 15 is 0 Å². The molecule has 0 fully saturated rings. The first-order valence-electron chi connectivity index (χ1n) is 5.24. The molecule has 2 rings (SSSR count). The highest BCUT2D eigenvalue weighted by atomic mass is 16.5. The molecule has 1 amide bonds. The molecule has 0 aromatic heterocycles. The Balaban J connectivity index is 2.12. The zero-order chi connectivity index (χ0) is 10.7. The highest BCUT2D eigenvalue weighted by Crippen LogP contribution is 2.30. The number of hydrogen-bond donors (Lipinski definition) is 1. The van der Waals surface area contributed by atoms with Crippen LogP contribution in [0.15, 0.2) is 36.6 Å². The van der Waals surface area contributed by atoms with Crippen molar-refractivity contribution in [1.29, 1.82) is 0 Å². The third-order valence-corrected chi connectivity index (χ3v) is 2.95. The van der Waals surface area contributed by atoms with Gasteiger partial charge in [0.25, 0.3) is 0 Å². The molecule has 1 heterocycles. The van der Waals surface area contributed by atoms with Gasteiger partial charge in [-0.2, -0.15) is 0 Å². The SMILES string of the molecule is NC(=O)C1C=CCCC1C1C=CC=CO1. The van der Waals surface area contributed by atoms with Gasteiger partial charge in [-0.1, -0.05) is 18.2 Å². The van der Waals surface area contributed by atoms with Gasteiger partial charge in [0.2, 0.25) is 5.91 Å². The molecule has 2 N–H and O–H groups in total. The summed E-state index contributed by atoms with van der Waals surface area (Å²) in [5, 5.41) is 0. The zero-order valence-corrected chi connectivity index (χ0v) is 8.50. The molecule has 15 heavy (non-hydrogen) atoms. The first kappa shape index (κ1) is 10.0. The van der Waals surface area contributed by atoms with Gasteiger partial charge in [0.15, 0.2) is 0 Å². The Hall–Kier alpha value is -1.51. The van der Waals surface area contributed by atoms with Gasteiger partial charge in [0, 0.05) is 5.92 Å². The van der Waals surface area contributed by atoms with Crippen LogP contribution in [0.3, 0.4) is 0 Å². The van der Waals surface area contributed by atoms with Crippen molar-refractivity contribution in [3.63, 3.8) is 0 Å². The smallest absolute Gasteiger partial charge is 0.224 e. The van der Waals surface area contributed by atoms with Gasteiger partial charge < -0.3 is 10.5 Å². The Morgan fingerprint density at radius 1 is 1.33 bits per heavy atom. The summed E-state index contributed by atoms with van der Waals surface area (Å²) in [5.41, 5.74) is 5.38. The van der Waals surface area contributed by atoms with Crippen molar-refractivity contribution in [2.24, 2.45) is 17.6 Å². The lowest BCUT2D eigenvalue weighted by Crippen LogP contribution is -2.37. The van der Waals surface area contributed by atoms with Crippen LogP contribution in [-0.2, 0) is 9.53 Å².